The Morgan fingerprint density at radius 2 is 1.82 bits per heavy atom. The van der Waals surface area contributed by atoms with E-state index in [1.165, 1.54) is 0 Å². The molecule has 112 valence electrons. The molecule has 0 unspecified atom stereocenters. The minimum Gasteiger partial charge on any atom is -0.273 e. The van der Waals surface area contributed by atoms with Crippen LogP contribution in [0.4, 0.5) is 13.2 Å². The molecule has 0 spiro atoms. The highest BCUT2D eigenvalue weighted by molar-refractivity contribution is 6.12. The zero-order valence-corrected chi connectivity index (χ0v) is 11.1. The van der Waals surface area contributed by atoms with Crippen molar-refractivity contribution >= 4 is 11.6 Å². The molecule has 0 bridgehead atoms. The van der Waals surface area contributed by atoms with E-state index in [0.29, 0.717) is 5.56 Å². The van der Waals surface area contributed by atoms with Crippen LogP contribution in [0.1, 0.15) is 17.8 Å². The molecule has 0 saturated carbocycles. The monoisotopic (exact) mass is 306 g/mol. The highest BCUT2D eigenvalue weighted by atomic mass is 19.4. The largest absolute Gasteiger partial charge is 0.433 e. The van der Waals surface area contributed by atoms with Crippen LogP contribution >= 0.6 is 0 Å². The molecule has 2 aromatic rings. The lowest BCUT2D eigenvalue weighted by Gasteiger charge is -2.10. The van der Waals surface area contributed by atoms with E-state index in [2.05, 4.69) is 20.5 Å². The van der Waals surface area contributed by atoms with Gasteiger partial charge >= 0.3 is 6.18 Å². The first-order valence-electron chi connectivity index (χ1n) is 6.31. The highest BCUT2D eigenvalue weighted by Gasteiger charge is 2.34. The molecule has 1 aromatic carbocycles. The van der Waals surface area contributed by atoms with Gasteiger partial charge in [-0.2, -0.15) is 18.3 Å². The zero-order valence-electron chi connectivity index (χ0n) is 11.1. The van der Waals surface area contributed by atoms with Gasteiger partial charge in [0.25, 0.3) is 0 Å². The van der Waals surface area contributed by atoms with Crippen molar-refractivity contribution in [1.29, 1.82) is 0 Å². The predicted molar refractivity (Wildman–Crippen MR) is 71.8 cm³/mol. The number of carbonyl (C=O) groups excluding carboxylic acids is 1. The fourth-order valence-corrected chi connectivity index (χ4v) is 1.97. The van der Waals surface area contributed by atoms with Crippen molar-refractivity contribution < 1.29 is 18.0 Å². The van der Waals surface area contributed by atoms with E-state index in [-0.39, 0.29) is 29.6 Å². The van der Waals surface area contributed by atoms with Crippen LogP contribution in [-0.4, -0.2) is 21.6 Å². The van der Waals surface area contributed by atoms with Crippen LogP contribution in [0.25, 0.3) is 11.4 Å². The second-order valence-corrected chi connectivity index (χ2v) is 4.60. The van der Waals surface area contributed by atoms with Gasteiger partial charge in [-0.05, 0) is 6.07 Å². The number of amides is 1. The summed E-state index contributed by atoms with van der Waals surface area (Å²) in [7, 11) is 0. The molecule has 0 radical (unpaired) electrons. The average Bonchev–Trinajstić information content (AvgIpc) is 2.93. The standard InChI is InChI=1S/C14H9F3N4O/c15-14(16,17)11-6-9(10-7-12(22)21-20-10)18-13(19-11)8-4-2-1-3-5-8/h1-6H,7H2,(H,21,22). The van der Waals surface area contributed by atoms with Gasteiger partial charge in [0.15, 0.2) is 5.82 Å². The smallest absolute Gasteiger partial charge is 0.273 e. The second kappa shape index (κ2) is 5.21. The summed E-state index contributed by atoms with van der Waals surface area (Å²) < 4.78 is 39.0. The molecule has 8 heteroatoms. The van der Waals surface area contributed by atoms with E-state index >= 15 is 0 Å². The second-order valence-electron chi connectivity index (χ2n) is 4.60. The summed E-state index contributed by atoms with van der Waals surface area (Å²) in [5.41, 5.74) is 1.72. The number of rotatable bonds is 2. The molecule has 1 N–H and O–H groups in total. The molecule has 5 nitrogen and oxygen atoms in total. The molecule has 0 saturated heterocycles. The van der Waals surface area contributed by atoms with Crippen LogP contribution < -0.4 is 5.43 Å². The van der Waals surface area contributed by atoms with Gasteiger partial charge in [-0.1, -0.05) is 30.3 Å². The Hall–Kier alpha value is -2.77. The van der Waals surface area contributed by atoms with Crippen LogP contribution in [0.15, 0.2) is 41.5 Å². The molecule has 1 aliphatic heterocycles. The molecule has 22 heavy (non-hydrogen) atoms. The van der Waals surface area contributed by atoms with Crippen molar-refractivity contribution in [3.05, 3.63) is 47.8 Å². The van der Waals surface area contributed by atoms with E-state index in [9.17, 15) is 18.0 Å². The van der Waals surface area contributed by atoms with Crippen LogP contribution in [0.3, 0.4) is 0 Å². The number of nitrogens with one attached hydrogen (secondary N) is 1. The van der Waals surface area contributed by atoms with Gasteiger partial charge in [-0.15, -0.1) is 0 Å². The zero-order chi connectivity index (χ0) is 15.7. The Morgan fingerprint density at radius 1 is 1.09 bits per heavy atom. The molecule has 1 aromatic heterocycles. The lowest BCUT2D eigenvalue weighted by atomic mass is 10.1. The summed E-state index contributed by atoms with van der Waals surface area (Å²) in [5, 5.41) is 3.70. The Labute approximate surface area is 122 Å². The van der Waals surface area contributed by atoms with E-state index in [1.54, 1.807) is 30.3 Å². The lowest BCUT2D eigenvalue weighted by Crippen LogP contribution is -2.14. The number of alkyl halides is 3. The molecule has 3 rings (SSSR count). The van der Waals surface area contributed by atoms with Crippen molar-refractivity contribution in [3.63, 3.8) is 0 Å². The number of halogens is 3. The summed E-state index contributed by atoms with van der Waals surface area (Å²) in [4.78, 5) is 18.8. The third-order valence-corrected chi connectivity index (χ3v) is 2.99. The summed E-state index contributed by atoms with van der Waals surface area (Å²) >= 11 is 0. The number of benzene rings is 1. The molecular weight excluding hydrogens is 297 g/mol. The molecule has 0 atom stereocenters. The predicted octanol–water partition coefficient (Wildman–Crippen LogP) is 2.39. The van der Waals surface area contributed by atoms with Crippen LogP contribution in [0.2, 0.25) is 0 Å². The number of nitrogens with zero attached hydrogens (tertiary/aromatic N) is 3. The fraction of sp³-hybridized carbons (Fsp3) is 0.143. The van der Waals surface area contributed by atoms with E-state index in [0.717, 1.165) is 6.07 Å². The maximum Gasteiger partial charge on any atom is 0.433 e. The van der Waals surface area contributed by atoms with Crippen LogP contribution in [0, 0.1) is 0 Å². The van der Waals surface area contributed by atoms with Crippen LogP contribution in [0.5, 0.6) is 0 Å². The molecular formula is C14H9F3N4O. The van der Waals surface area contributed by atoms with Gasteiger partial charge < -0.3 is 0 Å². The Bertz CT molecular complexity index is 756. The first kappa shape index (κ1) is 14.2. The van der Waals surface area contributed by atoms with Crippen molar-refractivity contribution in [3.8, 4) is 11.4 Å². The van der Waals surface area contributed by atoms with Gasteiger partial charge in [0.2, 0.25) is 5.91 Å². The molecule has 0 fully saturated rings. The first-order valence-corrected chi connectivity index (χ1v) is 6.31. The van der Waals surface area contributed by atoms with Gasteiger partial charge in [0.05, 0.1) is 17.8 Å². The van der Waals surface area contributed by atoms with Gasteiger partial charge in [0, 0.05) is 5.56 Å². The number of carbonyl (C=O) groups is 1. The van der Waals surface area contributed by atoms with Crippen molar-refractivity contribution in [1.82, 2.24) is 15.4 Å². The number of hydrogen-bond acceptors (Lipinski definition) is 4. The van der Waals surface area contributed by atoms with Crippen molar-refractivity contribution in [2.45, 2.75) is 12.6 Å². The Kier molecular flexibility index (Phi) is 3.36. The number of hydrogen-bond donors (Lipinski definition) is 1. The third kappa shape index (κ3) is 2.80. The molecule has 1 amide bonds. The minimum absolute atomic E-state index is 0.0143. The van der Waals surface area contributed by atoms with E-state index < -0.39 is 11.9 Å². The van der Waals surface area contributed by atoms with E-state index in [4.69, 9.17) is 0 Å². The van der Waals surface area contributed by atoms with Crippen LogP contribution in [-0.2, 0) is 11.0 Å². The SMILES string of the molecule is O=C1CC(c2cc(C(F)(F)F)nc(-c3ccccc3)n2)=NN1. The number of aromatic nitrogens is 2. The summed E-state index contributed by atoms with van der Waals surface area (Å²) in [6, 6.07) is 9.11. The summed E-state index contributed by atoms with van der Waals surface area (Å²) in [6.07, 6.45) is -4.72. The highest BCUT2D eigenvalue weighted by Crippen LogP contribution is 2.30. The summed E-state index contributed by atoms with van der Waals surface area (Å²) in [5.74, 6) is -0.448. The topological polar surface area (TPSA) is 67.2 Å². The molecule has 2 heterocycles. The average molecular weight is 306 g/mol. The Morgan fingerprint density at radius 3 is 2.41 bits per heavy atom. The van der Waals surface area contributed by atoms with Crippen molar-refractivity contribution in [2.75, 3.05) is 0 Å². The summed E-state index contributed by atoms with van der Waals surface area (Å²) in [6.45, 7) is 0. The van der Waals surface area contributed by atoms with Gasteiger partial charge in [-0.25, -0.2) is 15.4 Å². The maximum atomic E-state index is 13.0. The Balaban J connectivity index is 2.13. The van der Waals surface area contributed by atoms with Gasteiger partial charge in [-0.3, -0.25) is 4.79 Å². The maximum absolute atomic E-state index is 13.0. The minimum atomic E-state index is -4.61. The molecule has 1 aliphatic rings. The first-order chi connectivity index (χ1) is 10.4. The number of hydrazone groups is 1. The normalized spacial score (nSPS) is 14.7. The molecule has 0 aliphatic carbocycles. The fourth-order valence-electron chi connectivity index (χ4n) is 1.97. The van der Waals surface area contributed by atoms with Gasteiger partial charge in [0.1, 0.15) is 5.69 Å². The quantitative estimate of drug-likeness (QED) is 0.926. The lowest BCUT2D eigenvalue weighted by molar-refractivity contribution is -0.141. The van der Waals surface area contributed by atoms with Crippen molar-refractivity contribution in [2.24, 2.45) is 5.10 Å². The third-order valence-electron chi connectivity index (χ3n) is 2.99. The van der Waals surface area contributed by atoms with E-state index in [1.807, 2.05) is 0 Å².